The van der Waals surface area contributed by atoms with Crippen LogP contribution in [0.1, 0.15) is 54.8 Å². The van der Waals surface area contributed by atoms with Gasteiger partial charge >= 0.3 is 0 Å². The molecule has 2 aromatic rings. The number of likely N-dealkylation sites (tertiary alicyclic amines) is 1. The molecule has 0 spiro atoms. The van der Waals surface area contributed by atoms with E-state index in [1.807, 2.05) is 31.2 Å². The van der Waals surface area contributed by atoms with Crippen molar-refractivity contribution in [2.75, 3.05) is 0 Å². The maximum Gasteiger partial charge on any atom is 0.295 e. The number of aliphatic hydroxyl groups is 1. The first-order valence-electron chi connectivity index (χ1n) is 10.1. The number of halogens is 1. The van der Waals surface area contributed by atoms with Crippen molar-refractivity contribution in [1.29, 1.82) is 0 Å². The van der Waals surface area contributed by atoms with Gasteiger partial charge in [0, 0.05) is 11.6 Å². The second-order valence-corrected chi connectivity index (χ2v) is 7.92. The van der Waals surface area contributed by atoms with E-state index in [4.69, 9.17) is 0 Å². The average molecular weight is 393 g/mol. The van der Waals surface area contributed by atoms with Gasteiger partial charge in [-0.3, -0.25) is 9.59 Å². The highest BCUT2D eigenvalue weighted by molar-refractivity contribution is 6.46. The molecule has 0 radical (unpaired) electrons. The van der Waals surface area contributed by atoms with E-state index >= 15 is 0 Å². The number of amides is 1. The Labute approximate surface area is 169 Å². The molecule has 1 aliphatic carbocycles. The highest BCUT2D eigenvalue weighted by Gasteiger charge is 2.48. The number of carbonyl (C=O) groups is 2. The van der Waals surface area contributed by atoms with Crippen molar-refractivity contribution >= 4 is 17.4 Å². The molecule has 2 aliphatic rings. The van der Waals surface area contributed by atoms with Crippen LogP contribution in [0.25, 0.3) is 5.76 Å². The average Bonchev–Trinajstić information content (AvgIpc) is 2.99. The maximum absolute atomic E-state index is 13.3. The fourth-order valence-electron chi connectivity index (χ4n) is 4.52. The Kier molecular flexibility index (Phi) is 5.22. The van der Waals surface area contributed by atoms with Gasteiger partial charge < -0.3 is 10.0 Å². The smallest absolute Gasteiger partial charge is 0.295 e. The number of rotatable bonds is 3. The van der Waals surface area contributed by atoms with E-state index in [1.54, 1.807) is 4.90 Å². The van der Waals surface area contributed by atoms with Gasteiger partial charge in [0.25, 0.3) is 11.7 Å². The van der Waals surface area contributed by atoms with Crippen LogP contribution in [0.4, 0.5) is 4.39 Å². The van der Waals surface area contributed by atoms with Gasteiger partial charge in [-0.25, -0.2) is 4.39 Å². The van der Waals surface area contributed by atoms with Gasteiger partial charge in [-0.2, -0.15) is 0 Å². The Morgan fingerprint density at radius 1 is 1.03 bits per heavy atom. The molecular weight excluding hydrogens is 369 g/mol. The van der Waals surface area contributed by atoms with Crippen LogP contribution in [-0.4, -0.2) is 27.7 Å². The summed E-state index contributed by atoms with van der Waals surface area (Å²) in [4.78, 5) is 27.7. The van der Waals surface area contributed by atoms with Gasteiger partial charge in [-0.05, 0) is 49.6 Å². The summed E-state index contributed by atoms with van der Waals surface area (Å²) in [5, 5.41) is 11.0. The Hall–Kier alpha value is -2.95. The monoisotopic (exact) mass is 393 g/mol. The van der Waals surface area contributed by atoms with Crippen LogP contribution in [-0.2, 0) is 9.59 Å². The van der Waals surface area contributed by atoms with Crippen LogP contribution < -0.4 is 0 Å². The van der Waals surface area contributed by atoms with Crippen LogP contribution in [0.15, 0.2) is 54.1 Å². The van der Waals surface area contributed by atoms with Crippen LogP contribution in [0, 0.1) is 12.7 Å². The highest BCUT2D eigenvalue weighted by Crippen LogP contribution is 2.43. The summed E-state index contributed by atoms with van der Waals surface area (Å²) in [5.41, 5.74) is 2.22. The van der Waals surface area contributed by atoms with E-state index in [0.717, 1.165) is 43.2 Å². The number of ketones is 1. The predicted octanol–water partition coefficient (Wildman–Crippen LogP) is 4.89. The number of benzene rings is 2. The van der Waals surface area contributed by atoms with Gasteiger partial charge in [-0.15, -0.1) is 0 Å². The Balaban J connectivity index is 1.87. The van der Waals surface area contributed by atoms with Crippen molar-refractivity contribution in [2.24, 2.45) is 0 Å². The topological polar surface area (TPSA) is 57.6 Å². The van der Waals surface area contributed by atoms with Gasteiger partial charge in [-0.1, -0.05) is 49.1 Å². The zero-order chi connectivity index (χ0) is 20.5. The van der Waals surface area contributed by atoms with Crippen molar-refractivity contribution in [3.05, 3.63) is 76.6 Å². The summed E-state index contributed by atoms with van der Waals surface area (Å²) in [6.45, 7) is 1.95. The van der Waals surface area contributed by atoms with Crippen LogP contribution >= 0.6 is 0 Å². The van der Waals surface area contributed by atoms with Gasteiger partial charge in [0.15, 0.2) is 0 Å². The van der Waals surface area contributed by atoms with Crippen molar-refractivity contribution in [3.8, 4) is 0 Å². The summed E-state index contributed by atoms with van der Waals surface area (Å²) < 4.78 is 13.3. The number of Topliss-reactive ketones (excluding diaryl/α,β-unsaturated/α-hetero) is 1. The molecule has 5 heteroatoms. The first kappa shape index (κ1) is 19.4. The standard InChI is InChI=1S/C24H24FNO3/c1-15-6-5-7-17(14-15)21-20(22(27)16-10-12-18(25)13-11-16)23(28)24(29)26(21)19-8-3-2-4-9-19/h5-7,10-14,19,21,27H,2-4,8-9H2,1H3/b22-20-. The summed E-state index contributed by atoms with van der Waals surface area (Å²) in [6.07, 6.45) is 4.88. The molecule has 1 aliphatic heterocycles. The zero-order valence-electron chi connectivity index (χ0n) is 16.4. The molecule has 1 unspecified atom stereocenters. The largest absolute Gasteiger partial charge is 0.507 e. The minimum absolute atomic E-state index is 0.0239. The van der Waals surface area contributed by atoms with E-state index in [2.05, 4.69) is 0 Å². The van der Waals surface area contributed by atoms with Crippen molar-refractivity contribution in [1.82, 2.24) is 4.90 Å². The normalized spacial score (nSPS) is 22.3. The lowest BCUT2D eigenvalue weighted by molar-refractivity contribution is -0.141. The molecule has 0 aromatic heterocycles. The molecule has 29 heavy (non-hydrogen) atoms. The maximum atomic E-state index is 13.3. The second kappa shape index (κ2) is 7.82. The summed E-state index contributed by atoms with van der Waals surface area (Å²) >= 11 is 0. The fraction of sp³-hybridized carbons (Fsp3) is 0.333. The molecule has 1 atom stereocenters. The molecule has 1 amide bonds. The number of aliphatic hydroxyl groups excluding tert-OH is 1. The third-order valence-electron chi connectivity index (χ3n) is 5.92. The number of hydrogen-bond acceptors (Lipinski definition) is 3. The number of aryl methyl sites for hydroxylation is 1. The minimum atomic E-state index is -0.677. The minimum Gasteiger partial charge on any atom is -0.507 e. The van der Waals surface area contributed by atoms with E-state index in [0.29, 0.717) is 5.56 Å². The quantitative estimate of drug-likeness (QED) is 0.459. The fourth-order valence-corrected chi connectivity index (χ4v) is 4.52. The predicted molar refractivity (Wildman–Crippen MR) is 109 cm³/mol. The SMILES string of the molecule is Cc1cccc(C2/C(=C(/O)c3ccc(F)cc3)C(=O)C(=O)N2C2CCCCC2)c1. The lowest BCUT2D eigenvalue weighted by atomic mass is 9.90. The molecular formula is C24H24FNO3. The summed E-state index contributed by atoms with van der Waals surface area (Å²) in [6, 6.07) is 12.3. The zero-order valence-corrected chi connectivity index (χ0v) is 16.4. The first-order valence-corrected chi connectivity index (χ1v) is 10.1. The lowest BCUT2D eigenvalue weighted by Crippen LogP contribution is -2.40. The molecule has 150 valence electrons. The van der Waals surface area contributed by atoms with Crippen molar-refractivity contribution in [2.45, 2.75) is 51.1 Å². The van der Waals surface area contributed by atoms with Gasteiger partial charge in [0.1, 0.15) is 11.6 Å². The third-order valence-corrected chi connectivity index (χ3v) is 5.92. The molecule has 4 rings (SSSR count). The van der Waals surface area contributed by atoms with Crippen LogP contribution in [0.2, 0.25) is 0 Å². The molecule has 1 heterocycles. The first-order chi connectivity index (χ1) is 14.0. The molecule has 1 saturated heterocycles. The van der Waals surface area contributed by atoms with Crippen LogP contribution in [0.5, 0.6) is 0 Å². The number of carbonyl (C=O) groups excluding carboxylic acids is 2. The number of hydrogen-bond donors (Lipinski definition) is 1. The molecule has 1 N–H and O–H groups in total. The molecule has 1 saturated carbocycles. The van der Waals surface area contributed by atoms with E-state index < -0.39 is 23.5 Å². The molecule has 2 aromatic carbocycles. The highest BCUT2D eigenvalue weighted by atomic mass is 19.1. The second-order valence-electron chi connectivity index (χ2n) is 7.92. The van der Waals surface area contributed by atoms with E-state index in [1.165, 1.54) is 24.3 Å². The van der Waals surface area contributed by atoms with Crippen LogP contribution in [0.3, 0.4) is 0 Å². The van der Waals surface area contributed by atoms with Gasteiger partial charge in [0.05, 0.1) is 11.6 Å². The van der Waals surface area contributed by atoms with Crippen molar-refractivity contribution in [3.63, 3.8) is 0 Å². The molecule has 0 bridgehead atoms. The lowest BCUT2D eigenvalue weighted by Gasteiger charge is -2.35. The van der Waals surface area contributed by atoms with E-state index in [9.17, 15) is 19.1 Å². The Morgan fingerprint density at radius 2 is 1.72 bits per heavy atom. The Morgan fingerprint density at radius 3 is 2.38 bits per heavy atom. The molecule has 2 fully saturated rings. The third kappa shape index (κ3) is 3.57. The molecule has 4 nitrogen and oxygen atoms in total. The Bertz CT molecular complexity index is 974. The summed E-state index contributed by atoms with van der Waals surface area (Å²) in [7, 11) is 0. The van der Waals surface area contributed by atoms with Crippen molar-refractivity contribution < 1.29 is 19.1 Å². The summed E-state index contributed by atoms with van der Waals surface area (Å²) in [5.74, 6) is -1.93. The van der Waals surface area contributed by atoms with E-state index in [-0.39, 0.29) is 17.4 Å². The van der Waals surface area contributed by atoms with Gasteiger partial charge in [0.2, 0.25) is 0 Å². The number of nitrogens with zero attached hydrogens (tertiary/aromatic N) is 1.